The number of imidazole rings is 2. The minimum Gasteiger partial charge on any atom is -0.480 e. The zero-order valence-corrected chi connectivity index (χ0v) is 38.5. The number of carboxylic acids is 1. The highest BCUT2D eigenvalue weighted by Crippen LogP contribution is 2.25. The van der Waals surface area contributed by atoms with Gasteiger partial charge in [-0.1, -0.05) is 66.7 Å². The summed E-state index contributed by atoms with van der Waals surface area (Å²) in [5.74, 6) is -6.62. The molecular weight excluding hydrogens is 817 g/mol. The van der Waals surface area contributed by atoms with Gasteiger partial charge in [0, 0.05) is 84.8 Å². The summed E-state index contributed by atoms with van der Waals surface area (Å²) >= 11 is 0. The van der Waals surface area contributed by atoms with Gasteiger partial charge in [0.15, 0.2) is 11.6 Å². The third kappa shape index (κ3) is 15.7. The first kappa shape index (κ1) is 50.7. The quantitative estimate of drug-likeness (QED) is 0.0367. The van der Waals surface area contributed by atoms with E-state index in [2.05, 4.69) is 40.9 Å². The van der Waals surface area contributed by atoms with Crippen molar-refractivity contribution in [2.75, 3.05) is 0 Å². The fraction of sp³-hybridized carbons (Fsp3) is 0.562. The van der Waals surface area contributed by atoms with Gasteiger partial charge >= 0.3 is 5.97 Å². The van der Waals surface area contributed by atoms with Gasteiger partial charge in [0.1, 0.15) is 11.8 Å². The molecule has 0 fully saturated rings. The summed E-state index contributed by atoms with van der Waals surface area (Å²) in [6, 6.07) is 4.76. The molecule has 0 bridgehead atoms. The Morgan fingerprint density at radius 1 is 0.578 bits per heavy atom. The van der Waals surface area contributed by atoms with Crippen LogP contribution in [0.1, 0.15) is 111 Å². The first-order chi connectivity index (χ1) is 30.3. The van der Waals surface area contributed by atoms with Crippen molar-refractivity contribution in [1.82, 2.24) is 40.9 Å². The molecule has 64 heavy (non-hydrogen) atoms. The molecule has 0 unspecified atom stereocenters. The molecule has 0 spiro atoms. The van der Waals surface area contributed by atoms with Crippen LogP contribution in [0.5, 0.6) is 0 Å². The van der Waals surface area contributed by atoms with Crippen molar-refractivity contribution < 1.29 is 38.7 Å². The Balaban J connectivity index is 1.50. The maximum atomic E-state index is 14.3. The molecule has 0 aliphatic heterocycles. The number of hydrogen-bond acceptors (Lipinski definition) is 9. The van der Waals surface area contributed by atoms with Crippen molar-refractivity contribution in [3.8, 4) is 0 Å². The highest BCUT2D eigenvalue weighted by Gasteiger charge is 2.35. The van der Waals surface area contributed by atoms with Gasteiger partial charge < -0.3 is 36.0 Å². The molecule has 0 aliphatic rings. The molecule has 3 amide bonds. The minimum atomic E-state index is -1.22. The van der Waals surface area contributed by atoms with Crippen LogP contribution in [0.3, 0.4) is 0 Å². The number of ketones is 3. The van der Waals surface area contributed by atoms with Crippen LogP contribution in [-0.4, -0.2) is 89.2 Å². The van der Waals surface area contributed by atoms with Gasteiger partial charge in [-0.2, -0.15) is 0 Å². The average Bonchev–Trinajstić information content (AvgIpc) is 4.03. The number of para-hydroxylation sites is 1. The Labute approximate surface area is 375 Å². The zero-order chi connectivity index (χ0) is 47.1. The number of carboxylic acid groups (broad SMARTS) is 1. The molecule has 348 valence electrons. The smallest absolute Gasteiger partial charge is 0.325 e. The predicted octanol–water partition coefficient (Wildman–Crippen LogP) is 5.70. The first-order valence-electron chi connectivity index (χ1n) is 22.5. The number of benzene rings is 1. The predicted molar refractivity (Wildman–Crippen MR) is 243 cm³/mol. The molecule has 7 N–H and O–H groups in total. The summed E-state index contributed by atoms with van der Waals surface area (Å²) in [4.78, 5) is 113. The summed E-state index contributed by atoms with van der Waals surface area (Å²) in [6.45, 7) is 14.7. The number of aromatic amines is 3. The van der Waals surface area contributed by atoms with E-state index in [4.69, 9.17) is 0 Å². The minimum absolute atomic E-state index is 0.00399. The van der Waals surface area contributed by atoms with E-state index in [1.54, 1.807) is 6.20 Å². The summed E-state index contributed by atoms with van der Waals surface area (Å²) in [5.41, 5.74) is 3.24. The topological polar surface area (TPSA) is 249 Å². The fourth-order valence-electron chi connectivity index (χ4n) is 8.11. The van der Waals surface area contributed by atoms with Gasteiger partial charge in [0.2, 0.25) is 17.7 Å². The second-order valence-electron chi connectivity index (χ2n) is 18.7. The fourth-order valence-corrected chi connectivity index (χ4v) is 8.11. The van der Waals surface area contributed by atoms with Gasteiger partial charge in [-0.15, -0.1) is 0 Å². The standard InChI is InChI=1S/C48H68N8O8/c1-27(2)13-32(46(61)55-41(15-29(5)6)44(59)21-34(18-37-24-50-26-53-37)45(60)54-31(8)48(63)64)20-43(58)40(14-28(3)4)56-47(62)33(17-36-23-49-25-52-36)19-42(57)30(7)16-35-22-51-39-12-10-9-11-38(35)39/h9-12,22-34,40-41,51H,13-21H2,1-8H3,(H,49,52)(H,50,53)(H,54,60)(H,55,61)(H,56,62)(H,63,64)/t30-,31-,32+,33+,34+,40-,41-/m0/s1. The third-order valence-electron chi connectivity index (χ3n) is 11.6. The van der Waals surface area contributed by atoms with Gasteiger partial charge in [-0.05, 0) is 62.0 Å². The van der Waals surface area contributed by atoms with Crippen LogP contribution >= 0.6 is 0 Å². The van der Waals surface area contributed by atoms with Gasteiger partial charge in [-0.25, -0.2) is 9.97 Å². The monoisotopic (exact) mass is 885 g/mol. The highest BCUT2D eigenvalue weighted by atomic mass is 16.4. The van der Waals surface area contributed by atoms with Crippen LogP contribution in [0.25, 0.3) is 10.9 Å². The molecule has 3 heterocycles. The Hall–Kier alpha value is -5.93. The van der Waals surface area contributed by atoms with E-state index in [0.29, 0.717) is 30.7 Å². The van der Waals surface area contributed by atoms with Crippen LogP contribution in [0.4, 0.5) is 0 Å². The molecule has 3 aromatic heterocycles. The van der Waals surface area contributed by atoms with E-state index in [0.717, 1.165) is 16.5 Å². The summed E-state index contributed by atoms with van der Waals surface area (Å²) in [6.07, 6.45) is 9.12. The number of nitrogens with zero attached hydrogens (tertiary/aromatic N) is 2. The van der Waals surface area contributed by atoms with Gasteiger partial charge in [-0.3, -0.25) is 33.6 Å². The Morgan fingerprint density at radius 3 is 1.53 bits per heavy atom. The summed E-state index contributed by atoms with van der Waals surface area (Å²) in [5, 5.41) is 18.8. The largest absolute Gasteiger partial charge is 0.480 e. The second-order valence-corrected chi connectivity index (χ2v) is 18.7. The van der Waals surface area contributed by atoms with Crippen LogP contribution in [0, 0.1) is 41.4 Å². The lowest BCUT2D eigenvalue weighted by Gasteiger charge is -2.27. The Bertz CT molecular complexity index is 2160. The molecule has 16 nitrogen and oxygen atoms in total. The Kier molecular flexibility index (Phi) is 19.2. The van der Waals surface area contributed by atoms with Crippen molar-refractivity contribution in [1.29, 1.82) is 0 Å². The number of hydrogen-bond donors (Lipinski definition) is 7. The number of aliphatic carboxylic acids is 1. The molecule has 4 rings (SSSR count). The van der Waals surface area contributed by atoms with Crippen molar-refractivity contribution in [2.24, 2.45) is 41.4 Å². The number of carbonyl (C=O) groups excluding carboxylic acids is 6. The molecule has 0 saturated carbocycles. The van der Waals surface area contributed by atoms with Gasteiger partial charge in [0.05, 0.1) is 36.6 Å². The van der Waals surface area contributed by atoms with Crippen molar-refractivity contribution in [3.05, 3.63) is 72.5 Å². The molecule has 0 radical (unpaired) electrons. The molecular formula is C48H68N8O8. The lowest BCUT2D eigenvalue weighted by molar-refractivity contribution is -0.142. The third-order valence-corrected chi connectivity index (χ3v) is 11.6. The molecule has 0 saturated heterocycles. The highest BCUT2D eigenvalue weighted by molar-refractivity contribution is 5.97. The van der Waals surface area contributed by atoms with Crippen molar-refractivity contribution in [2.45, 2.75) is 131 Å². The molecule has 0 aliphatic carbocycles. The number of carbonyl (C=O) groups is 7. The number of amides is 3. The molecule has 16 heteroatoms. The van der Waals surface area contributed by atoms with E-state index in [-0.39, 0.29) is 73.8 Å². The van der Waals surface area contributed by atoms with Crippen LogP contribution < -0.4 is 16.0 Å². The first-order valence-corrected chi connectivity index (χ1v) is 22.5. The van der Waals surface area contributed by atoms with Crippen molar-refractivity contribution >= 4 is 51.9 Å². The maximum absolute atomic E-state index is 14.3. The van der Waals surface area contributed by atoms with E-state index in [9.17, 15) is 38.7 Å². The van der Waals surface area contributed by atoms with Gasteiger partial charge in [0.25, 0.3) is 0 Å². The van der Waals surface area contributed by atoms with Crippen LogP contribution in [0.2, 0.25) is 0 Å². The van der Waals surface area contributed by atoms with Crippen molar-refractivity contribution in [3.63, 3.8) is 0 Å². The van der Waals surface area contributed by atoms with E-state index in [1.165, 1.54) is 25.8 Å². The van der Waals surface area contributed by atoms with E-state index < -0.39 is 65.4 Å². The molecule has 7 atom stereocenters. The SMILES string of the molecule is CC(C)C[C@H](CC(=O)[C@H](CC(C)C)NC(=O)[C@@H](CC(=O)[C@@H](C)Cc1c[nH]c2ccccc12)Cc1cnc[nH]1)C(=O)N[C@@H](CC(C)C)C(=O)C[C@@H](Cc1cnc[nH]1)C(=O)N[C@@H](C)C(=O)O. The van der Waals surface area contributed by atoms with Crippen LogP contribution in [0.15, 0.2) is 55.5 Å². The Morgan fingerprint density at radius 2 is 1.05 bits per heavy atom. The number of H-pyrrole nitrogens is 3. The lowest BCUT2D eigenvalue weighted by atomic mass is 9.86. The average molecular weight is 885 g/mol. The zero-order valence-electron chi connectivity index (χ0n) is 38.5. The number of fused-ring (bicyclic) bond motifs is 1. The summed E-state index contributed by atoms with van der Waals surface area (Å²) in [7, 11) is 0. The normalized spacial score (nSPS) is 15.0. The summed E-state index contributed by atoms with van der Waals surface area (Å²) < 4.78 is 0. The van der Waals surface area contributed by atoms with Crippen LogP contribution in [-0.2, 0) is 52.8 Å². The maximum Gasteiger partial charge on any atom is 0.325 e. The number of nitrogens with one attached hydrogen (secondary N) is 6. The second kappa shape index (κ2) is 24.2. The number of rotatable bonds is 28. The number of aromatic nitrogens is 5. The molecule has 1 aromatic carbocycles. The van der Waals surface area contributed by atoms with E-state index >= 15 is 0 Å². The number of Topliss-reactive ketones (excluding diaryl/α,β-unsaturated/α-hetero) is 3. The lowest BCUT2D eigenvalue weighted by Crippen LogP contribution is -2.49. The van der Waals surface area contributed by atoms with E-state index in [1.807, 2.05) is 78.9 Å². The molecule has 4 aromatic rings.